The number of carbonyl (C=O) groups excluding carboxylic acids is 3. The summed E-state index contributed by atoms with van der Waals surface area (Å²) in [6.45, 7) is 6.67. The largest absolute Gasteiger partial charge is 0.422 e. The number of nitrogens with one attached hydrogen (secondary N) is 1. The van der Waals surface area contributed by atoms with Gasteiger partial charge in [-0.05, 0) is 98.7 Å². The predicted octanol–water partition coefficient (Wildman–Crippen LogP) is 2.27. The normalized spacial score (nSPS) is 24.3. The van der Waals surface area contributed by atoms with Crippen LogP contribution in [0.15, 0.2) is 42.5 Å². The molecule has 2 saturated heterocycles. The molecule has 2 aromatic carbocycles. The molecule has 2 bridgehead atoms. The summed E-state index contributed by atoms with van der Waals surface area (Å²) in [6, 6.07) is 8.20. The molecule has 3 aliphatic rings. The molecular weight excluding hydrogens is 610 g/mol. The summed E-state index contributed by atoms with van der Waals surface area (Å²) in [5.74, 6) is -0.703. The fourth-order valence-corrected chi connectivity index (χ4v) is 7.94. The molecule has 0 aromatic heterocycles. The van der Waals surface area contributed by atoms with E-state index in [4.69, 9.17) is 21.9 Å². The number of rotatable bonds is 12. The third-order valence-corrected chi connectivity index (χ3v) is 10.3. The lowest BCUT2D eigenvalue weighted by atomic mass is 9.63. The minimum absolute atomic E-state index is 0.0118. The smallest absolute Gasteiger partial charge is 0.416 e. The maximum Gasteiger partial charge on any atom is 0.416 e. The Balaban J connectivity index is 1.27. The second-order valence-electron chi connectivity index (χ2n) is 13.8. The van der Waals surface area contributed by atoms with Crippen molar-refractivity contribution >= 4 is 30.0 Å². The van der Waals surface area contributed by atoms with E-state index < -0.39 is 35.3 Å². The lowest BCUT2D eigenvalue weighted by molar-refractivity contribution is -0.137. The fourth-order valence-electron chi connectivity index (χ4n) is 7.94. The number of amides is 2. The molecule has 5 rings (SSSR count). The van der Waals surface area contributed by atoms with Crippen molar-refractivity contribution in [2.75, 3.05) is 13.1 Å². The van der Waals surface area contributed by atoms with Crippen molar-refractivity contribution in [3.63, 3.8) is 0 Å². The number of hydrogen-bond acceptors (Lipinski definition) is 7. The first-order valence-corrected chi connectivity index (χ1v) is 16.4. The van der Waals surface area contributed by atoms with Gasteiger partial charge in [0.25, 0.3) is 0 Å². The minimum Gasteiger partial charge on any atom is -0.422 e. The van der Waals surface area contributed by atoms with E-state index in [2.05, 4.69) is 5.32 Å². The molecule has 2 fully saturated rings. The maximum atomic E-state index is 13.7. The van der Waals surface area contributed by atoms with E-state index in [0.29, 0.717) is 18.7 Å². The van der Waals surface area contributed by atoms with Crippen LogP contribution in [0, 0.1) is 11.8 Å². The number of hydrogen-bond donors (Lipinski definition) is 4. The lowest BCUT2D eigenvalue weighted by Gasteiger charge is -2.25. The van der Waals surface area contributed by atoms with Crippen molar-refractivity contribution in [3.8, 4) is 0 Å². The zero-order chi connectivity index (χ0) is 34.3. The van der Waals surface area contributed by atoms with Crippen molar-refractivity contribution in [1.82, 2.24) is 10.2 Å². The van der Waals surface area contributed by atoms with Crippen LogP contribution in [0.2, 0.25) is 6.82 Å². The first kappa shape index (κ1) is 35.1. The summed E-state index contributed by atoms with van der Waals surface area (Å²) in [7, 11) is 0. The van der Waals surface area contributed by atoms with E-state index in [1.54, 1.807) is 0 Å². The van der Waals surface area contributed by atoms with Crippen LogP contribution in [0.3, 0.4) is 0 Å². The summed E-state index contributed by atoms with van der Waals surface area (Å²) in [5.41, 5.74) is 20.2. The molecule has 0 saturated carbocycles. The Bertz CT molecular complexity index is 1470. The first-order valence-electron chi connectivity index (χ1n) is 16.4. The number of nitrogens with zero attached hydrogens (tertiary/aromatic N) is 1. The number of Topliss-reactive ketones (excluding diaryl/α,β-unsaturated/α-hetero) is 1. The second-order valence-corrected chi connectivity index (χ2v) is 13.8. The summed E-state index contributed by atoms with van der Waals surface area (Å²) in [6.07, 6.45) is -2.65. The average molecular weight is 656 g/mol. The van der Waals surface area contributed by atoms with Crippen LogP contribution in [0.25, 0.3) is 0 Å². The summed E-state index contributed by atoms with van der Waals surface area (Å²) >= 11 is 0. The van der Waals surface area contributed by atoms with Gasteiger partial charge < -0.3 is 32.1 Å². The fraction of sp³-hybridized carbons (Fsp3) is 0.559. The number of halogens is 3. The van der Waals surface area contributed by atoms with Crippen LogP contribution in [-0.2, 0) is 43.7 Å². The van der Waals surface area contributed by atoms with Gasteiger partial charge in [0, 0.05) is 24.9 Å². The van der Waals surface area contributed by atoms with Crippen LogP contribution >= 0.6 is 0 Å². The number of benzene rings is 2. The number of ketones is 1. The SMILES string of the molecule is CB1OC(C)(C)c2ccc(CC(=O)[C@@H](Cc3ccc(C(F)(F)F)cc3)NC(=O)[C@@H](N)CCC(=O)N3C4CCC3C(CN)C4CN)cc21. The van der Waals surface area contributed by atoms with Gasteiger partial charge in [-0.1, -0.05) is 37.2 Å². The molecule has 4 unspecified atom stereocenters. The standard InChI is InChI=1S/C34H45BF3N5O4/c1-33(2)24-9-6-20(14-25(24)35(3)47-33)16-30(44)27(15-19-4-7-21(8-5-19)34(36,37)38)42-32(46)26(41)10-13-31(45)43-28-11-12-29(43)23(18-40)22(28)17-39/h4-9,14,22-23,26-29H,10-13,15-18,39-41H2,1-3H3,(H,42,46)/t22?,23?,26-,27+,28?,29?/m0/s1. The third kappa shape index (κ3) is 7.28. The molecule has 0 aliphatic carbocycles. The maximum absolute atomic E-state index is 13.7. The second kappa shape index (κ2) is 13.7. The Morgan fingerprint density at radius 2 is 1.62 bits per heavy atom. The van der Waals surface area contributed by atoms with Gasteiger partial charge in [-0.2, -0.15) is 13.2 Å². The molecule has 9 nitrogen and oxygen atoms in total. The van der Waals surface area contributed by atoms with Gasteiger partial charge in [0.1, 0.15) is 0 Å². The monoisotopic (exact) mass is 655 g/mol. The first-order chi connectivity index (χ1) is 22.1. The van der Waals surface area contributed by atoms with E-state index in [9.17, 15) is 27.6 Å². The molecule has 47 heavy (non-hydrogen) atoms. The van der Waals surface area contributed by atoms with Gasteiger partial charge in [-0.25, -0.2) is 0 Å². The van der Waals surface area contributed by atoms with E-state index in [0.717, 1.165) is 41.6 Å². The van der Waals surface area contributed by atoms with Crippen LogP contribution in [-0.4, -0.2) is 66.7 Å². The summed E-state index contributed by atoms with van der Waals surface area (Å²) in [5, 5.41) is 2.74. The van der Waals surface area contributed by atoms with Crippen LogP contribution in [0.4, 0.5) is 13.2 Å². The molecule has 0 radical (unpaired) electrons. The Morgan fingerprint density at radius 3 is 2.19 bits per heavy atom. The quantitative estimate of drug-likeness (QED) is 0.256. The molecule has 3 aliphatic heterocycles. The number of fused-ring (bicyclic) bond motifs is 3. The Hall–Kier alpha value is -3.26. The highest BCUT2D eigenvalue weighted by molar-refractivity contribution is 6.67. The number of nitrogens with two attached hydrogens (primary N) is 3. The highest BCUT2D eigenvalue weighted by Gasteiger charge is 2.53. The van der Waals surface area contributed by atoms with Crippen LogP contribution < -0.4 is 28.0 Å². The van der Waals surface area contributed by atoms with E-state index >= 15 is 0 Å². The predicted molar refractivity (Wildman–Crippen MR) is 174 cm³/mol. The topological polar surface area (TPSA) is 154 Å². The Labute approximate surface area is 274 Å². The van der Waals surface area contributed by atoms with Gasteiger partial charge in [0.05, 0.1) is 23.2 Å². The minimum atomic E-state index is -4.50. The van der Waals surface area contributed by atoms with E-state index in [-0.39, 0.29) is 68.2 Å². The average Bonchev–Trinajstić information content (AvgIpc) is 3.65. The van der Waals surface area contributed by atoms with Crippen molar-refractivity contribution in [1.29, 1.82) is 0 Å². The lowest BCUT2D eigenvalue weighted by Crippen LogP contribution is -2.50. The van der Waals surface area contributed by atoms with Crippen LogP contribution in [0.5, 0.6) is 0 Å². The summed E-state index contributed by atoms with van der Waals surface area (Å²) < 4.78 is 45.5. The van der Waals surface area contributed by atoms with Crippen LogP contribution in [0.1, 0.15) is 61.8 Å². The van der Waals surface area contributed by atoms with Crippen molar-refractivity contribution in [3.05, 3.63) is 64.7 Å². The highest BCUT2D eigenvalue weighted by atomic mass is 19.4. The molecule has 0 spiro atoms. The van der Waals surface area contributed by atoms with Crippen molar-refractivity contribution in [2.24, 2.45) is 29.0 Å². The molecule has 2 aromatic rings. The third-order valence-electron chi connectivity index (χ3n) is 10.3. The Kier molecular flexibility index (Phi) is 10.2. The van der Waals surface area contributed by atoms with Gasteiger partial charge in [0.15, 0.2) is 5.78 Å². The molecule has 13 heteroatoms. The van der Waals surface area contributed by atoms with Gasteiger partial charge in [0.2, 0.25) is 11.8 Å². The highest BCUT2D eigenvalue weighted by Crippen LogP contribution is 2.45. The molecule has 6 atom stereocenters. The van der Waals surface area contributed by atoms with Gasteiger partial charge in [-0.3, -0.25) is 14.4 Å². The Morgan fingerprint density at radius 1 is 1.02 bits per heavy atom. The molecule has 254 valence electrons. The number of alkyl halides is 3. The van der Waals surface area contributed by atoms with E-state index in [1.165, 1.54) is 12.1 Å². The van der Waals surface area contributed by atoms with Crippen molar-refractivity contribution < 1.29 is 32.2 Å². The summed E-state index contributed by atoms with van der Waals surface area (Å²) in [4.78, 5) is 42.2. The number of carbonyl (C=O) groups is 3. The molecular formula is C34H45BF3N5O4. The van der Waals surface area contributed by atoms with Gasteiger partial charge >= 0.3 is 13.1 Å². The molecule has 3 heterocycles. The molecule has 7 N–H and O–H groups in total. The van der Waals surface area contributed by atoms with Gasteiger partial charge in [-0.15, -0.1) is 0 Å². The molecule has 2 amide bonds. The van der Waals surface area contributed by atoms with E-state index in [1.807, 2.05) is 43.8 Å². The zero-order valence-corrected chi connectivity index (χ0v) is 27.2. The van der Waals surface area contributed by atoms with Crippen molar-refractivity contribution in [2.45, 2.75) is 95.1 Å². The zero-order valence-electron chi connectivity index (χ0n) is 27.2.